The van der Waals surface area contributed by atoms with Crippen molar-refractivity contribution in [3.05, 3.63) is 59.7 Å². The first-order chi connectivity index (χ1) is 14.5. The number of amides is 1. The maximum absolute atomic E-state index is 13.4. The number of hydrogen-bond donors (Lipinski definition) is 0. The monoisotopic (exact) mass is 414 g/mol. The molecule has 5 nitrogen and oxygen atoms in total. The predicted molar refractivity (Wildman–Crippen MR) is 115 cm³/mol. The van der Waals surface area contributed by atoms with Gasteiger partial charge < -0.3 is 14.4 Å². The molecule has 2 atom stereocenters. The highest BCUT2D eigenvalue weighted by Gasteiger charge is 2.33. The van der Waals surface area contributed by atoms with Crippen LogP contribution in [0.25, 0.3) is 0 Å². The summed E-state index contributed by atoms with van der Waals surface area (Å²) in [7, 11) is 3.18. The van der Waals surface area contributed by atoms with E-state index in [-0.39, 0.29) is 12.0 Å². The Morgan fingerprint density at radius 1 is 1.17 bits per heavy atom. The molecule has 2 aromatic rings. The maximum Gasteiger partial charge on any atom is 0.254 e. The van der Waals surface area contributed by atoms with Gasteiger partial charge in [-0.3, -0.25) is 9.69 Å². The van der Waals surface area contributed by atoms with Gasteiger partial charge in [0.2, 0.25) is 0 Å². The van der Waals surface area contributed by atoms with Crippen molar-refractivity contribution >= 4 is 5.91 Å². The van der Waals surface area contributed by atoms with Crippen molar-refractivity contribution in [2.75, 3.05) is 34.0 Å². The van der Waals surface area contributed by atoms with E-state index in [1.807, 2.05) is 18.2 Å². The predicted octanol–water partition coefficient (Wildman–Crippen LogP) is 3.91. The number of hydrogen-bond acceptors (Lipinski definition) is 4. The van der Waals surface area contributed by atoms with Crippen molar-refractivity contribution in [2.45, 2.75) is 32.5 Å². The van der Waals surface area contributed by atoms with E-state index in [9.17, 15) is 9.18 Å². The molecule has 1 amide bonds. The van der Waals surface area contributed by atoms with Crippen LogP contribution >= 0.6 is 0 Å². The van der Waals surface area contributed by atoms with Crippen LogP contribution in [-0.4, -0.2) is 55.7 Å². The Bertz CT molecular complexity index is 830. The van der Waals surface area contributed by atoms with Crippen LogP contribution in [0.1, 0.15) is 24.5 Å². The molecule has 6 heteroatoms. The van der Waals surface area contributed by atoms with Crippen LogP contribution in [-0.2, 0) is 17.9 Å². The van der Waals surface area contributed by atoms with E-state index in [0.29, 0.717) is 18.0 Å². The van der Waals surface area contributed by atoms with Gasteiger partial charge in [0.1, 0.15) is 11.5 Å². The molecule has 0 spiro atoms. The SMILES string of the molecule is COc1ccc(CN(C(=O)CF)[C@@H]2CCN(Cc3ccccc3)C[C@@H]2C)c(OC)c1. The molecule has 0 radical (unpaired) electrons. The van der Waals surface area contributed by atoms with E-state index in [1.165, 1.54) is 5.56 Å². The Balaban J connectivity index is 1.72. The molecular weight excluding hydrogens is 383 g/mol. The molecule has 30 heavy (non-hydrogen) atoms. The number of benzene rings is 2. The van der Waals surface area contributed by atoms with Gasteiger partial charge in [-0.05, 0) is 30.0 Å². The molecule has 0 bridgehead atoms. The van der Waals surface area contributed by atoms with Crippen molar-refractivity contribution in [2.24, 2.45) is 5.92 Å². The second-order valence-electron chi connectivity index (χ2n) is 7.89. The molecular formula is C24H31FN2O3. The molecule has 1 fully saturated rings. The smallest absolute Gasteiger partial charge is 0.254 e. The number of rotatable bonds is 8. The first-order valence-electron chi connectivity index (χ1n) is 10.4. The molecule has 1 aliphatic rings. The zero-order valence-electron chi connectivity index (χ0n) is 18.0. The number of carbonyl (C=O) groups excluding carboxylic acids is 1. The normalized spacial score (nSPS) is 19.3. The lowest BCUT2D eigenvalue weighted by atomic mass is 9.91. The van der Waals surface area contributed by atoms with E-state index < -0.39 is 12.6 Å². The highest BCUT2D eigenvalue weighted by Crippen LogP contribution is 2.30. The fourth-order valence-electron chi connectivity index (χ4n) is 4.30. The third-order valence-electron chi connectivity index (χ3n) is 5.86. The highest BCUT2D eigenvalue weighted by atomic mass is 19.1. The standard InChI is InChI=1S/C24H31FN2O3/c1-18-15-26(16-19-7-5-4-6-8-19)12-11-22(18)27(24(28)14-25)17-20-9-10-21(29-2)13-23(20)30-3/h4-10,13,18,22H,11-12,14-17H2,1-3H3/t18-,22+/m0/s1. The van der Waals surface area contributed by atoms with Gasteiger partial charge in [0.05, 0.1) is 14.2 Å². The number of alkyl halides is 1. The van der Waals surface area contributed by atoms with Crippen LogP contribution in [0.2, 0.25) is 0 Å². The summed E-state index contributed by atoms with van der Waals surface area (Å²) in [6.45, 7) is 4.11. The van der Waals surface area contributed by atoms with E-state index in [0.717, 1.165) is 31.6 Å². The van der Waals surface area contributed by atoms with Gasteiger partial charge in [-0.1, -0.05) is 37.3 Å². The van der Waals surface area contributed by atoms with Gasteiger partial charge in [0.25, 0.3) is 5.91 Å². The third-order valence-corrected chi connectivity index (χ3v) is 5.86. The minimum Gasteiger partial charge on any atom is -0.497 e. The van der Waals surface area contributed by atoms with Crippen LogP contribution in [0.15, 0.2) is 48.5 Å². The van der Waals surface area contributed by atoms with Gasteiger partial charge in [-0.15, -0.1) is 0 Å². The summed E-state index contributed by atoms with van der Waals surface area (Å²) in [6.07, 6.45) is 0.818. The molecule has 0 N–H and O–H groups in total. The fraction of sp³-hybridized carbons (Fsp3) is 0.458. The second-order valence-corrected chi connectivity index (χ2v) is 7.89. The zero-order valence-corrected chi connectivity index (χ0v) is 18.0. The van der Waals surface area contributed by atoms with Gasteiger partial charge in [-0.2, -0.15) is 0 Å². The van der Waals surface area contributed by atoms with Gasteiger partial charge in [0.15, 0.2) is 6.67 Å². The van der Waals surface area contributed by atoms with Crippen LogP contribution in [0, 0.1) is 5.92 Å². The van der Waals surface area contributed by atoms with Crippen molar-refractivity contribution in [3.8, 4) is 11.5 Å². The lowest BCUT2D eigenvalue weighted by Crippen LogP contribution is -2.52. The topological polar surface area (TPSA) is 42.0 Å². The Kier molecular flexibility index (Phi) is 7.69. The van der Waals surface area contributed by atoms with Crippen LogP contribution in [0.5, 0.6) is 11.5 Å². The maximum atomic E-state index is 13.4. The summed E-state index contributed by atoms with van der Waals surface area (Å²) in [5.74, 6) is 1.09. The molecule has 0 aromatic heterocycles. The Morgan fingerprint density at radius 2 is 1.93 bits per heavy atom. The minimum absolute atomic E-state index is 0.00733. The summed E-state index contributed by atoms with van der Waals surface area (Å²) in [5, 5.41) is 0. The van der Waals surface area contributed by atoms with Crippen molar-refractivity contribution in [3.63, 3.8) is 0 Å². The van der Waals surface area contributed by atoms with Crippen molar-refractivity contribution < 1.29 is 18.7 Å². The molecule has 1 aliphatic heterocycles. The van der Waals surface area contributed by atoms with E-state index in [4.69, 9.17) is 9.47 Å². The average molecular weight is 415 g/mol. The van der Waals surface area contributed by atoms with Gasteiger partial charge in [0, 0.05) is 43.9 Å². The summed E-state index contributed by atoms with van der Waals surface area (Å²) in [6, 6.07) is 15.9. The van der Waals surface area contributed by atoms with E-state index >= 15 is 0 Å². The highest BCUT2D eigenvalue weighted by molar-refractivity contribution is 5.77. The van der Waals surface area contributed by atoms with E-state index in [1.54, 1.807) is 25.2 Å². The largest absolute Gasteiger partial charge is 0.497 e. The lowest BCUT2D eigenvalue weighted by Gasteiger charge is -2.42. The number of likely N-dealkylation sites (tertiary alicyclic amines) is 1. The van der Waals surface area contributed by atoms with E-state index in [2.05, 4.69) is 36.1 Å². The van der Waals surface area contributed by atoms with Crippen LogP contribution in [0.4, 0.5) is 4.39 Å². The van der Waals surface area contributed by atoms with Gasteiger partial charge >= 0.3 is 0 Å². The number of methoxy groups -OCH3 is 2. The van der Waals surface area contributed by atoms with Crippen LogP contribution in [0.3, 0.4) is 0 Å². The molecule has 0 unspecified atom stereocenters. The molecule has 1 heterocycles. The average Bonchev–Trinajstić information content (AvgIpc) is 2.78. The number of nitrogens with zero attached hydrogens (tertiary/aromatic N) is 2. The number of halogens is 1. The number of piperidine rings is 1. The third kappa shape index (κ3) is 5.30. The molecule has 2 aromatic carbocycles. The summed E-state index contributed by atoms with van der Waals surface area (Å²) in [5.41, 5.74) is 2.13. The van der Waals surface area contributed by atoms with Gasteiger partial charge in [-0.25, -0.2) is 4.39 Å². The molecule has 1 saturated heterocycles. The number of ether oxygens (including phenoxy) is 2. The summed E-state index contributed by atoms with van der Waals surface area (Å²) >= 11 is 0. The minimum atomic E-state index is -0.991. The first-order valence-corrected chi connectivity index (χ1v) is 10.4. The lowest BCUT2D eigenvalue weighted by molar-refractivity contribution is -0.137. The van der Waals surface area contributed by atoms with Crippen molar-refractivity contribution in [1.82, 2.24) is 9.80 Å². The van der Waals surface area contributed by atoms with Crippen molar-refractivity contribution in [1.29, 1.82) is 0 Å². The zero-order chi connectivity index (χ0) is 21.5. The first kappa shape index (κ1) is 22.1. The quantitative estimate of drug-likeness (QED) is 0.657. The number of carbonyl (C=O) groups is 1. The van der Waals surface area contributed by atoms with Crippen LogP contribution < -0.4 is 9.47 Å². The summed E-state index contributed by atoms with van der Waals surface area (Å²) < 4.78 is 24.2. The Labute approximate surface area is 178 Å². The Morgan fingerprint density at radius 3 is 2.57 bits per heavy atom. The molecule has 162 valence electrons. The fourth-order valence-corrected chi connectivity index (χ4v) is 4.30. The second kappa shape index (κ2) is 10.4. The molecule has 0 aliphatic carbocycles. The molecule has 0 saturated carbocycles. The summed E-state index contributed by atoms with van der Waals surface area (Å²) in [4.78, 5) is 16.6. The molecule has 3 rings (SSSR count). The Hall–Kier alpha value is -2.60.